The summed E-state index contributed by atoms with van der Waals surface area (Å²) in [5.74, 6) is -0.00786. The summed E-state index contributed by atoms with van der Waals surface area (Å²) in [4.78, 5) is 27.3. The average Bonchev–Trinajstić information content (AvgIpc) is 3.10. The van der Waals surface area contributed by atoms with Crippen molar-refractivity contribution in [2.24, 2.45) is 0 Å². The molecule has 4 heterocycles. The molecule has 3 N–H and O–H groups in total. The molecule has 1 unspecified atom stereocenters. The summed E-state index contributed by atoms with van der Waals surface area (Å²) < 4.78 is 40.8. The molecule has 30 heavy (non-hydrogen) atoms. The molecule has 1 atom stereocenters. The van der Waals surface area contributed by atoms with Gasteiger partial charge in [-0.05, 0) is 25.0 Å². The number of hydrogen-bond donors (Lipinski definition) is 3. The predicted molar refractivity (Wildman–Crippen MR) is 103 cm³/mol. The number of fused-ring (bicyclic) bond motifs is 1. The Labute approximate surface area is 173 Å². The molecule has 1 amide bonds. The zero-order valence-corrected chi connectivity index (χ0v) is 16.1. The fourth-order valence-corrected chi connectivity index (χ4v) is 3.64. The van der Waals surface area contributed by atoms with E-state index in [0.29, 0.717) is 30.4 Å². The number of carboxylic acid groups (broad SMARTS) is 1. The maximum Gasteiger partial charge on any atom is 0.419 e. The molecule has 0 bridgehead atoms. The molecule has 1 aliphatic rings. The van der Waals surface area contributed by atoms with Gasteiger partial charge in [-0.2, -0.15) is 13.2 Å². The third kappa shape index (κ3) is 3.97. The van der Waals surface area contributed by atoms with Crippen LogP contribution < -0.4 is 5.32 Å². The summed E-state index contributed by atoms with van der Waals surface area (Å²) in [6.45, 7) is 0.613. The third-order valence-corrected chi connectivity index (χ3v) is 5.09. The van der Waals surface area contributed by atoms with Crippen LogP contribution in [0.4, 0.5) is 23.9 Å². The highest BCUT2D eigenvalue weighted by Crippen LogP contribution is 2.38. The predicted octanol–water partition coefficient (Wildman–Crippen LogP) is 4.25. The number of hydrogen-bond acceptors (Lipinski definition) is 5. The van der Waals surface area contributed by atoms with E-state index < -0.39 is 17.8 Å². The number of likely N-dealkylation sites (tertiary alicyclic amines) is 1. The minimum Gasteiger partial charge on any atom is -0.465 e. The maximum atomic E-state index is 13.6. The Bertz CT molecular complexity index is 1100. The fraction of sp³-hybridized carbons (Fsp3) is 0.333. The molecule has 3 aromatic heterocycles. The molecule has 1 aliphatic heterocycles. The minimum absolute atomic E-state index is 0.00786. The second-order valence-electron chi connectivity index (χ2n) is 6.90. The molecule has 0 aromatic carbocycles. The Morgan fingerprint density at radius 3 is 2.87 bits per heavy atom. The summed E-state index contributed by atoms with van der Waals surface area (Å²) in [5, 5.41) is 12.8. The number of aromatic nitrogens is 4. The van der Waals surface area contributed by atoms with Crippen molar-refractivity contribution in [1.29, 1.82) is 0 Å². The van der Waals surface area contributed by atoms with E-state index in [1.807, 2.05) is 0 Å². The summed E-state index contributed by atoms with van der Waals surface area (Å²) in [6.07, 6.45) is -2.30. The Morgan fingerprint density at radius 2 is 2.13 bits per heavy atom. The lowest BCUT2D eigenvalue weighted by molar-refractivity contribution is -0.137. The van der Waals surface area contributed by atoms with Gasteiger partial charge < -0.3 is 20.3 Å². The summed E-state index contributed by atoms with van der Waals surface area (Å²) in [5.41, 5.74) is -0.744. The van der Waals surface area contributed by atoms with E-state index in [1.54, 1.807) is 6.07 Å². The van der Waals surface area contributed by atoms with Crippen molar-refractivity contribution in [3.8, 4) is 11.3 Å². The van der Waals surface area contributed by atoms with E-state index in [4.69, 9.17) is 16.7 Å². The van der Waals surface area contributed by atoms with Gasteiger partial charge in [-0.3, -0.25) is 0 Å². The number of anilines is 1. The fourth-order valence-electron chi connectivity index (χ4n) is 3.49. The first-order chi connectivity index (χ1) is 14.2. The van der Waals surface area contributed by atoms with Crippen molar-refractivity contribution in [3.05, 3.63) is 35.2 Å². The second-order valence-corrected chi connectivity index (χ2v) is 7.29. The molecular formula is C18H16ClF3N6O2. The Morgan fingerprint density at radius 1 is 1.33 bits per heavy atom. The van der Waals surface area contributed by atoms with Gasteiger partial charge in [0.15, 0.2) is 0 Å². The number of alkyl halides is 3. The number of nitrogens with one attached hydrogen (secondary N) is 2. The first-order valence-electron chi connectivity index (χ1n) is 9.05. The number of H-pyrrole nitrogens is 1. The summed E-state index contributed by atoms with van der Waals surface area (Å²) >= 11 is 5.85. The molecule has 0 saturated carbocycles. The SMILES string of the molecule is O=C(O)N1CCCC(Nc2ncc(C(F)(F)F)c(-c3c[nH]c4nc(Cl)ccc34)n2)C1. The molecule has 12 heteroatoms. The zero-order valence-electron chi connectivity index (χ0n) is 15.4. The number of carbonyl (C=O) groups is 1. The van der Waals surface area contributed by atoms with Crippen LogP contribution in [0, 0.1) is 0 Å². The number of aromatic amines is 1. The first-order valence-corrected chi connectivity index (χ1v) is 9.43. The topological polar surface area (TPSA) is 107 Å². The zero-order chi connectivity index (χ0) is 21.5. The lowest BCUT2D eigenvalue weighted by Crippen LogP contribution is -2.44. The normalized spacial score (nSPS) is 17.3. The van der Waals surface area contributed by atoms with Crippen LogP contribution in [-0.4, -0.2) is 55.2 Å². The molecule has 0 spiro atoms. The van der Waals surface area contributed by atoms with E-state index in [9.17, 15) is 18.0 Å². The van der Waals surface area contributed by atoms with Crippen molar-refractivity contribution in [2.75, 3.05) is 18.4 Å². The molecule has 4 rings (SSSR count). The summed E-state index contributed by atoms with van der Waals surface area (Å²) in [6, 6.07) is 2.75. The lowest BCUT2D eigenvalue weighted by Gasteiger charge is -2.31. The molecule has 3 aromatic rings. The van der Waals surface area contributed by atoms with E-state index in [1.165, 1.54) is 17.2 Å². The number of pyridine rings is 1. The molecule has 1 saturated heterocycles. The average molecular weight is 441 g/mol. The smallest absolute Gasteiger partial charge is 0.419 e. The Hall–Kier alpha value is -3.08. The molecular weight excluding hydrogens is 425 g/mol. The second kappa shape index (κ2) is 7.63. The number of rotatable bonds is 3. The van der Waals surface area contributed by atoms with Crippen LogP contribution in [0.25, 0.3) is 22.3 Å². The van der Waals surface area contributed by atoms with Crippen molar-refractivity contribution in [2.45, 2.75) is 25.1 Å². The highest BCUT2D eigenvalue weighted by Gasteiger charge is 2.36. The molecule has 0 radical (unpaired) electrons. The van der Waals surface area contributed by atoms with Gasteiger partial charge in [0.2, 0.25) is 5.95 Å². The standard InChI is InChI=1S/C18H16ClF3N6O2/c19-13-4-3-10-11(6-23-15(10)26-13)14-12(18(20,21)22)7-24-16(27-14)25-9-2-1-5-28(8-9)17(29)30/h3-4,6-7,9H,1-2,5,8H2,(H,23,26)(H,29,30)(H,24,25,27). The van der Waals surface area contributed by atoms with Crippen molar-refractivity contribution >= 4 is 34.7 Å². The van der Waals surface area contributed by atoms with Gasteiger partial charge in [0.05, 0.1) is 5.69 Å². The van der Waals surface area contributed by atoms with Gasteiger partial charge in [0.1, 0.15) is 16.4 Å². The highest BCUT2D eigenvalue weighted by atomic mass is 35.5. The monoisotopic (exact) mass is 440 g/mol. The maximum absolute atomic E-state index is 13.6. The molecule has 1 fully saturated rings. The van der Waals surface area contributed by atoms with Gasteiger partial charge in [-0.25, -0.2) is 19.7 Å². The van der Waals surface area contributed by atoms with E-state index in [0.717, 1.165) is 6.20 Å². The van der Waals surface area contributed by atoms with Crippen LogP contribution >= 0.6 is 11.6 Å². The Balaban J connectivity index is 1.72. The quantitative estimate of drug-likeness (QED) is 0.526. The van der Waals surface area contributed by atoms with Crippen LogP contribution in [0.3, 0.4) is 0 Å². The summed E-state index contributed by atoms with van der Waals surface area (Å²) in [7, 11) is 0. The minimum atomic E-state index is -4.66. The number of piperidine rings is 1. The third-order valence-electron chi connectivity index (χ3n) is 4.88. The van der Waals surface area contributed by atoms with Crippen molar-refractivity contribution in [3.63, 3.8) is 0 Å². The van der Waals surface area contributed by atoms with Gasteiger partial charge in [-0.15, -0.1) is 0 Å². The van der Waals surface area contributed by atoms with E-state index in [-0.39, 0.29) is 34.9 Å². The molecule has 8 nitrogen and oxygen atoms in total. The van der Waals surface area contributed by atoms with Gasteiger partial charge in [0, 0.05) is 42.5 Å². The van der Waals surface area contributed by atoms with Crippen LogP contribution in [0.5, 0.6) is 0 Å². The Kier molecular flexibility index (Phi) is 5.14. The van der Waals surface area contributed by atoms with Crippen molar-refractivity contribution in [1.82, 2.24) is 24.8 Å². The van der Waals surface area contributed by atoms with Crippen molar-refractivity contribution < 1.29 is 23.1 Å². The van der Waals surface area contributed by atoms with Gasteiger partial charge in [-0.1, -0.05) is 11.6 Å². The van der Waals surface area contributed by atoms with Gasteiger partial charge in [0.25, 0.3) is 0 Å². The van der Waals surface area contributed by atoms with Crippen LogP contribution in [0.2, 0.25) is 5.15 Å². The van der Waals surface area contributed by atoms with Crippen LogP contribution in [-0.2, 0) is 6.18 Å². The van der Waals surface area contributed by atoms with E-state index >= 15 is 0 Å². The largest absolute Gasteiger partial charge is 0.465 e. The van der Waals surface area contributed by atoms with Crippen LogP contribution in [0.15, 0.2) is 24.5 Å². The lowest BCUT2D eigenvalue weighted by atomic mass is 10.1. The van der Waals surface area contributed by atoms with E-state index in [2.05, 4.69) is 25.3 Å². The van der Waals surface area contributed by atoms with Gasteiger partial charge >= 0.3 is 12.3 Å². The number of amides is 1. The van der Waals surface area contributed by atoms with Crippen LogP contribution in [0.1, 0.15) is 18.4 Å². The number of halogens is 4. The molecule has 0 aliphatic carbocycles. The first kappa shape index (κ1) is 20.2. The number of nitrogens with zero attached hydrogens (tertiary/aromatic N) is 4. The highest BCUT2D eigenvalue weighted by molar-refractivity contribution is 6.29. The molecule has 158 valence electrons.